The minimum absolute atomic E-state index is 0.180. The van der Waals surface area contributed by atoms with Gasteiger partial charge >= 0.3 is 0 Å². The van der Waals surface area contributed by atoms with Crippen LogP contribution in [0.1, 0.15) is 16.7 Å². The highest BCUT2D eigenvalue weighted by Gasteiger charge is 2.19. The number of amides is 2. The Kier molecular flexibility index (Phi) is 7.55. The van der Waals surface area contributed by atoms with Crippen LogP contribution in [-0.2, 0) is 16.0 Å². The second-order valence-corrected chi connectivity index (χ2v) is 6.65. The topological polar surface area (TPSA) is 58.2 Å². The van der Waals surface area contributed by atoms with Gasteiger partial charge in [-0.1, -0.05) is 29.8 Å². The molecule has 0 aliphatic heterocycles. The fraction of sp³-hybridized carbons (Fsp3) is 0.238. The van der Waals surface area contributed by atoms with Crippen LogP contribution in [0.25, 0.3) is 6.08 Å². The van der Waals surface area contributed by atoms with E-state index < -0.39 is 5.92 Å². The molecular formula is C21H22ClFN2O2. The predicted molar refractivity (Wildman–Crippen MR) is 106 cm³/mol. The number of rotatable bonds is 7. The number of halogens is 2. The van der Waals surface area contributed by atoms with Crippen LogP contribution in [-0.4, -0.2) is 25.4 Å². The van der Waals surface area contributed by atoms with Gasteiger partial charge in [0.1, 0.15) is 5.82 Å². The second-order valence-electron chi connectivity index (χ2n) is 6.22. The summed E-state index contributed by atoms with van der Waals surface area (Å²) < 4.78 is 13.3. The Bertz CT molecular complexity index is 835. The lowest BCUT2D eigenvalue weighted by Crippen LogP contribution is -2.38. The van der Waals surface area contributed by atoms with Crippen LogP contribution in [0.15, 0.2) is 48.5 Å². The first-order valence-electron chi connectivity index (χ1n) is 8.57. The highest BCUT2D eigenvalue weighted by molar-refractivity contribution is 6.30. The van der Waals surface area contributed by atoms with Crippen LogP contribution in [0.4, 0.5) is 4.39 Å². The Morgan fingerprint density at radius 3 is 2.52 bits per heavy atom. The Labute approximate surface area is 163 Å². The third-order valence-electron chi connectivity index (χ3n) is 4.21. The molecule has 0 saturated carbocycles. The summed E-state index contributed by atoms with van der Waals surface area (Å²) in [5.41, 5.74) is 2.49. The van der Waals surface area contributed by atoms with E-state index in [4.69, 9.17) is 11.6 Å². The zero-order valence-corrected chi connectivity index (χ0v) is 16.0. The fourth-order valence-corrected chi connectivity index (χ4v) is 2.77. The first-order valence-corrected chi connectivity index (χ1v) is 8.95. The van der Waals surface area contributed by atoms with Crippen LogP contribution in [0.3, 0.4) is 0 Å². The lowest BCUT2D eigenvalue weighted by Gasteiger charge is -2.17. The zero-order valence-electron chi connectivity index (χ0n) is 15.3. The van der Waals surface area contributed by atoms with Crippen molar-refractivity contribution in [1.29, 1.82) is 0 Å². The molecule has 0 spiro atoms. The number of aryl methyl sites for hydroxylation is 1. The van der Waals surface area contributed by atoms with Gasteiger partial charge in [0.15, 0.2) is 0 Å². The zero-order chi connectivity index (χ0) is 19.8. The molecule has 0 bridgehead atoms. The molecule has 2 N–H and O–H groups in total. The largest absolute Gasteiger partial charge is 0.359 e. The SMILES string of the molecule is CNC(=O)C(CNC(=O)/C=C/c1ccc(Cl)cc1)Cc1ccc(F)cc1C. The number of carbonyl (C=O) groups is 2. The molecule has 0 aromatic heterocycles. The first-order chi connectivity index (χ1) is 12.9. The van der Waals surface area contributed by atoms with E-state index in [-0.39, 0.29) is 24.2 Å². The van der Waals surface area contributed by atoms with Crippen molar-refractivity contribution in [3.8, 4) is 0 Å². The van der Waals surface area contributed by atoms with Gasteiger partial charge in [-0.05, 0) is 60.4 Å². The number of carbonyl (C=O) groups excluding carboxylic acids is 2. The van der Waals surface area contributed by atoms with Gasteiger partial charge in [-0.15, -0.1) is 0 Å². The van der Waals surface area contributed by atoms with E-state index in [0.717, 1.165) is 16.7 Å². The van der Waals surface area contributed by atoms with Gasteiger partial charge in [-0.3, -0.25) is 9.59 Å². The minimum atomic E-state index is -0.452. The normalized spacial score (nSPS) is 12.0. The standard InChI is InChI=1S/C21H22ClFN2O2/c1-14-11-19(23)9-6-16(14)12-17(21(27)24-2)13-25-20(26)10-5-15-3-7-18(22)8-4-15/h3-11,17H,12-13H2,1-2H3,(H,24,27)(H,25,26)/b10-5+. The van der Waals surface area contributed by atoms with E-state index in [0.29, 0.717) is 11.4 Å². The fourth-order valence-electron chi connectivity index (χ4n) is 2.64. The van der Waals surface area contributed by atoms with Crippen molar-refractivity contribution in [2.24, 2.45) is 5.92 Å². The van der Waals surface area contributed by atoms with Crippen molar-refractivity contribution in [3.63, 3.8) is 0 Å². The molecule has 2 amide bonds. The highest BCUT2D eigenvalue weighted by atomic mass is 35.5. The Morgan fingerprint density at radius 1 is 1.19 bits per heavy atom. The third-order valence-corrected chi connectivity index (χ3v) is 4.46. The summed E-state index contributed by atoms with van der Waals surface area (Å²) in [6, 6.07) is 11.6. The smallest absolute Gasteiger partial charge is 0.244 e. The number of nitrogens with one attached hydrogen (secondary N) is 2. The van der Waals surface area contributed by atoms with E-state index in [1.165, 1.54) is 18.2 Å². The second kappa shape index (κ2) is 9.88. The van der Waals surface area contributed by atoms with Crippen molar-refractivity contribution in [3.05, 3.63) is 76.1 Å². The van der Waals surface area contributed by atoms with E-state index in [1.54, 1.807) is 50.4 Å². The Hall–Kier alpha value is -2.66. The maximum absolute atomic E-state index is 13.3. The molecule has 0 heterocycles. The van der Waals surface area contributed by atoms with E-state index in [1.807, 2.05) is 0 Å². The molecule has 27 heavy (non-hydrogen) atoms. The van der Waals surface area contributed by atoms with Crippen molar-refractivity contribution in [1.82, 2.24) is 10.6 Å². The molecule has 1 unspecified atom stereocenters. The summed E-state index contributed by atoms with van der Waals surface area (Å²) in [6.45, 7) is 1.98. The molecule has 0 aliphatic rings. The predicted octanol–water partition coefficient (Wildman–Crippen LogP) is 3.52. The molecule has 2 aromatic carbocycles. The quantitative estimate of drug-likeness (QED) is 0.713. The van der Waals surface area contributed by atoms with E-state index in [2.05, 4.69) is 10.6 Å². The summed E-state index contributed by atoms with van der Waals surface area (Å²) in [5.74, 6) is -1.24. The van der Waals surface area contributed by atoms with E-state index >= 15 is 0 Å². The Morgan fingerprint density at radius 2 is 1.89 bits per heavy atom. The van der Waals surface area contributed by atoms with Gasteiger partial charge < -0.3 is 10.6 Å². The summed E-state index contributed by atoms with van der Waals surface area (Å²) in [6.07, 6.45) is 3.49. The molecule has 1 atom stereocenters. The highest BCUT2D eigenvalue weighted by Crippen LogP contribution is 2.15. The van der Waals surface area contributed by atoms with Gasteiger partial charge in [0.05, 0.1) is 5.92 Å². The van der Waals surface area contributed by atoms with Gasteiger partial charge in [0.25, 0.3) is 0 Å². The number of benzene rings is 2. The number of hydrogen-bond donors (Lipinski definition) is 2. The lowest BCUT2D eigenvalue weighted by molar-refractivity contribution is -0.124. The summed E-state index contributed by atoms with van der Waals surface area (Å²) in [4.78, 5) is 24.2. The van der Waals surface area contributed by atoms with Crippen LogP contribution in [0, 0.1) is 18.7 Å². The number of hydrogen-bond acceptors (Lipinski definition) is 2. The summed E-state index contributed by atoms with van der Waals surface area (Å²) >= 11 is 5.83. The molecule has 142 valence electrons. The molecule has 2 aromatic rings. The molecule has 0 saturated heterocycles. The summed E-state index contributed by atoms with van der Waals surface area (Å²) in [5, 5.41) is 5.98. The maximum atomic E-state index is 13.3. The molecule has 6 heteroatoms. The Balaban J connectivity index is 1.98. The van der Waals surface area contributed by atoms with Crippen LogP contribution in [0.2, 0.25) is 5.02 Å². The van der Waals surface area contributed by atoms with Gasteiger partial charge in [0, 0.05) is 24.7 Å². The molecular weight excluding hydrogens is 367 g/mol. The average molecular weight is 389 g/mol. The van der Waals surface area contributed by atoms with Crippen molar-refractivity contribution < 1.29 is 14.0 Å². The molecule has 0 fully saturated rings. The van der Waals surface area contributed by atoms with Gasteiger partial charge in [0.2, 0.25) is 11.8 Å². The molecule has 2 rings (SSSR count). The average Bonchev–Trinajstić information content (AvgIpc) is 2.65. The molecule has 0 aliphatic carbocycles. The minimum Gasteiger partial charge on any atom is -0.359 e. The molecule has 0 radical (unpaired) electrons. The monoisotopic (exact) mass is 388 g/mol. The summed E-state index contributed by atoms with van der Waals surface area (Å²) in [7, 11) is 1.55. The van der Waals surface area contributed by atoms with Crippen molar-refractivity contribution in [2.75, 3.05) is 13.6 Å². The third kappa shape index (κ3) is 6.53. The van der Waals surface area contributed by atoms with Crippen LogP contribution < -0.4 is 10.6 Å². The first kappa shape index (κ1) is 20.6. The van der Waals surface area contributed by atoms with Crippen molar-refractivity contribution >= 4 is 29.5 Å². The van der Waals surface area contributed by atoms with Crippen LogP contribution in [0.5, 0.6) is 0 Å². The maximum Gasteiger partial charge on any atom is 0.244 e. The van der Waals surface area contributed by atoms with Gasteiger partial charge in [-0.25, -0.2) is 4.39 Å². The van der Waals surface area contributed by atoms with Crippen LogP contribution >= 0.6 is 11.6 Å². The van der Waals surface area contributed by atoms with Crippen molar-refractivity contribution in [2.45, 2.75) is 13.3 Å². The lowest BCUT2D eigenvalue weighted by atomic mass is 9.95. The van der Waals surface area contributed by atoms with E-state index in [9.17, 15) is 14.0 Å². The molecule has 4 nitrogen and oxygen atoms in total. The van der Waals surface area contributed by atoms with Gasteiger partial charge in [-0.2, -0.15) is 0 Å².